The minimum atomic E-state index is -0.241. The summed E-state index contributed by atoms with van der Waals surface area (Å²) in [5.41, 5.74) is 3.21. The number of hydrogen-bond donors (Lipinski definition) is 1. The fourth-order valence-corrected chi connectivity index (χ4v) is 3.55. The second-order valence-electron chi connectivity index (χ2n) is 7.68. The van der Waals surface area contributed by atoms with Gasteiger partial charge in [0.2, 0.25) is 5.91 Å². The third kappa shape index (κ3) is 5.72. The van der Waals surface area contributed by atoms with Gasteiger partial charge in [-0.05, 0) is 41.5 Å². The molecule has 6 nitrogen and oxygen atoms in total. The summed E-state index contributed by atoms with van der Waals surface area (Å²) in [6.07, 6.45) is 5.18. The third-order valence-electron chi connectivity index (χ3n) is 5.33. The zero-order valence-electron chi connectivity index (χ0n) is 18.8. The maximum atomic E-state index is 13.5. The van der Waals surface area contributed by atoms with Crippen molar-refractivity contribution in [1.82, 2.24) is 5.32 Å². The molecule has 2 amide bonds. The van der Waals surface area contributed by atoms with E-state index in [-0.39, 0.29) is 11.8 Å². The average molecular weight is 455 g/mol. The van der Waals surface area contributed by atoms with Crippen LogP contribution in [0.25, 0.3) is 6.08 Å². The van der Waals surface area contributed by atoms with Gasteiger partial charge in [0, 0.05) is 30.4 Å². The van der Waals surface area contributed by atoms with E-state index in [1.807, 2.05) is 72.8 Å². The molecule has 0 aromatic heterocycles. The monoisotopic (exact) mass is 454 g/mol. The lowest BCUT2D eigenvalue weighted by molar-refractivity contribution is -0.116. The molecule has 0 aliphatic carbocycles. The molecule has 0 saturated carbocycles. The van der Waals surface area contributed by atoms with Crippen LogP contribution in [0.4, 0.5) is 5.69 Å². The van der Waals surface area contributed by atoms with Gasteiger partial charge >= 0.3 is 0 Å². The second-order valence-corrected chi connectivity index (χ2v) is 7.68. The molecule has 4 rings (SSSR count). The quantitative estimate of drug-likeness (QED) is 0.505. The summed E-state index contributed by atoms with van der Waals surface area (Å²) in [7, 11) is 0. The van der Waals surface area contributed by atoms with Gasteiger partial charge in [-0.25, -0.2) is 0 Å². The van der Waals surface area contributed by atoms with Crippen molar-refractivity contribution in [2.75, 3.05) is 24.7 Å². The van der Waals surface area contributed by atoms with Crippen molar-refractivity contribution >= 4 is 23.6 Å². The summed E-state index contributed by atoms with van der Waals surface area (Å²) in [6, 6.07) is 22.7. The number of ether oxygens (including phenoxy) is 2. The van der Waals surface area contributed by atoms with Crippen molar-refractivity contribution in [3.63, 3.8) is 0 Å². The molecule has 0 radical (unpaired) electrons. The Morgan fingerprint density at radius 3 is 2.41 bits per heavy atom. The van der Waals surface area contributed by atoms with Gasteiger partial charge in [-0.2, -0.15) is 0 Å². The summed E-state index contributed by atoms with van der Waals surface area (Å²) in [6.45, 7) is 5.17. The number of carbonyl (C=O) groups is 2. The number of hydrogen-bond acceptors (Lipinski definition) is 4. The molecule has 1 aliphatic heterocycles. The van der Waals surface area contributed by atoms with Crippen molar-refractivity contribution in [2.45, 2.75) is 6.54 Å². The van der Waals surface area contributed by atoms with E-state index in [0.29, 0.717) is 49.1 Å². The lowest BCUT2D eigenvalue weighted by Gasteiger charge is -2.25. The van der Waals surface area contributed by atoms with Gasteiger partial charge in [0.25, 0.3) is 5.91 Å². The summed E-state index contributed by atoms with van der Waals surface area (Å²) in [5, 5.41) is 2.73. The zero-order chi connectivity index (χ0) is 23.8. The number of carbonyl (C=O) groups excluding carboxylic acids is 2. The third-order valence-corrected chi connectivity index (χ3v) is 5.33. The highest BCUT2D eigenvalue weighted by Crippen LogP contribution is 2.34. The first-order chi connectivity index (χ1) is 16.6. The summed E-state index contributed by atoms with van der Waals surface area (Å²) in [4.78, 5) is 26.6. The van der Waals surface area contributed by atoms with E-state index in [1.165, 1.54) is 6.08 Å². The molecule has 1 N–H and O–H groups in total. The smallest absolute Gasteiger partial charge is 0.258 e. The van der Waals surface area contributed by atoms with Crippen LogP contribution in [0.3, 0.4) is 0 Å². The largest absolute Gasteiger partial charge is 0.486 e. The van der Waals surface area contributed by atoms with Crippen LogP contribution in [0.1, 0.15) is 21.5 Å². The van der Waals surface area contributed by atoms with Gasteiger partial charge in [-0.1, -0.05) is 61.2 Å². The minimum absolute atomic E-state index is 0.143. The highest BCUT2D eigenvalue weighted by atomic mass is 16.6. The van der Waals surface area contributed by atoms with Crippen LogP contribution < -0.4 is 19.7 Å². The second kappa shape index (κ2) is 11.0. The Morgan fingerprint density at radius 2 is 1.68 bits per heavy atom. The fourth-order valence-electron chi connectivity index (χ4n) is 3.55. The number of amides is 2. The summed E-state index contributed by atoms with van der Waals surface area (Å²) >= 11 is 0. The first-order valence-electron chi connectivity index (χ1n) is 11.1. The molecule has 3 aromatic carbocycles. The minimum Gasteiger partial charge on any atom is -0.486 e. The molecular weight excluding hydrogens is 428 g/mol. The normalized spacial score (nSPS) is 12.2. The number of rotatable bonds is 8. The van der Waals surface area contributed by atoms with Crippen LogP contribution in [-0.2, 0) is 11.3 Å². The zero-order valence-corrected chi connectivity index (χ0v) is 18.8. The molecule has 0 spiro atoms. The Kier molecular flexibility index (Phi) is 7.40. The highest BCUT2D eigenvalue weighted by molar-refractivity contribution is 6.06. The van der Waals surface area contributed by atoms with Crippen LogP contribution in [0.15, 0.2) is 91.5 Å². The van der Waals surface area contributed by atoms with Crippen molar-refractivity contribution in [3.8, 4) is 11.5 Å². The van der Waals surface area contributed by atoms with Crippen LogP contribution in [0, 0.1) is 0 Å². The number of nitrogens with one attached hydrogen (secondary N) is 1. The molecule has 34 heavy (non-hydrogen) atoms. The number of anilines is 1. The van der Waals surface area contributed by atoms with Gasteiger partial charge in [0.1, 0.15) is 13.2 Å². The molecule has 1 aliphatic rings. The number of fused-ring (bicyclic) bond motifs is 1. The summed E-state index contributed by atoms with van der Waals surface area (Å²) < 4.78 is 11.3. The van der Waals surface area contributed by atoms with Crippen molar-refractivity contribution in [2.24, 2.45) is 0 Å². The van der Waals surface area contributed by atoms with Crippen LogP contribution >= 0.6 is 0 Å². The lowest BCUT2D eigenvalue weighted by atomic mass is 10.1. The Balaban J connectivity index is 1.56. The van der Waals surface area contributed by atoms with Gasteiger partial charge in [-0.15, -0.1) is 0 Å². The van der Waals surface area contributed by atoms with E-state index in [0.717, 1.165) is 11.1 Å². The maximum Gasteiger partial charge on any atom is 0.258 e. The van der Waals surface area contributed by atoms with E-state index < -0.39 is 0 Å². The van der Waals surface area contributed by atoms with Crippen molar-refractivity contribution in [3.05, 3.63) is 108 Å². The SMILES string of the molecule is C=CC(=O)NCc1ccc(C(=O)N(C/C=C/c2ccccc2)c2ccc3c(c2)OCCO3)cc1. The van der Waals surface area contributed by atoms with Crippen LogP contribution in [0.5, 0.6) is 11.5 Å². The molecular formula is C28H26N2O4. The number of nitrogens with zero attached hydrogens (tertiary/aromatic N) is 1. The first kappa shape index (κ1) is 22.9. The Bertz CT molecular complexity index is 1190. The molecule has 172 valence electrons. The maximum absolute atomic E-state index is 13.5. The molecule has 6 heteroatoms. The van der Waals surface area contributed by atoms with E-state index in [1.54, 1.807) is 17.0 Å². The average Bonchev–Trinajstić information content (AvgIpc) is 2.90. The standard InChI is InChI=1S/C28H26N2O4/c1-2-27(31)29-20-22-10-12-23(13-11-22)28(32)30(16-6-9-21-7-4-3-5-8-21)24-14-15-25-26(19-24)34-18-17-33-25/h2-15,19H,1,16-18,20H2,(H,29,31)/b9-6+. The van der Waals surface area contributed by atoms with Gasteiger partial charge < -0.3 is 19.7 Å². The summed E-state index contributed by atoms with van der Waals surface area (Å²) in [5.74, 6) is 0.918. The van der Waals surface area contributed by atoms with Gasteiger partial charge in [0.15, 0.2) is 11.5 Å². The predicted octanol–water partition coefficient (Wildman–Crippen LogP) is 4.62. The van der Waals surface area contributed by atoms with E-state index in [2.05, 4.69) is 11.9 Å². The molecule has 0 saturated heterocycles. The van der Waals surface area contributed by atoms with E-state index >= 15 is 0 Å². The molecule has 1 heterocycles. The molecule has 0 fully saturated rings. The van der Waals surface area contributed by atoms with Crippen molar-refractivity contribution in [1.29, 1.82) is 0 Å². The Morgan fingerprint density at radius 1 is 0.941 bits per heavy atom. The topological polar surface area (TPSA) is 67.9 Å². The van der Waals surface area contributed by atoms with Gasteiger partial charge in [0.05, 0.1) is 0 Å². The molecule has 0 unspecified atom stereocenters. The Labute approximate surface area is 199 Å². The Hall–Kier alpha value is -4.32. The fraction of sp³-hybridized carbons (Fsp3) is 0.143. The number of benzene rings is 3. The molecule has 0 bridgehead atoms. The van der Waals surface area contributed by atoms with Crippen molar-refractivity contribution < 1.29 is 19.1 Å². The van der Waals surface area contributed by atoms with E-state index in [9.17, 15) is 9.59 Å². The van der Waals surface area contributed by atoms with Crippen LogP contribution in [0.2, 0.25) is 0 Å². The molecule has 0 atom stereocenters. The van der Waals surface area contributed by atoms with E-state index in [4.69, 9.17) is 9.47 Å². The predicted molar refractivity (Wildman–Crippen MR) is 133 cm³/mol. The molecule has 3 aromatic rings. The first-order valence-corrected chi connectivity index (χ1v) is 11.1. The van der Waals surface area contributed by atoms with Crippen LogP contribution in [-0.4, -0.2) is 31.6 Å². The van der Waals surface area contributed by atoms with Gasteiger partial charge in [-0.3, -0.25) is 9.59 Å². The highest BCUT2D eigenvalue weighted by Gasteiger charge is 2.20. The lowest BCUT2D eigenvalue weighted by Crippen LogP contribution is -2.31.